The topological polar surface area (TPSA) is 51.7 Å². The molecule has 252 valence electrons. The minimum Gasteiger partial charge on any atom is -0.488 e. The van der Waals surface area contributed by atoms with Crippen LogP contribution >= 0.6 is 0 Å². The van der Waals surface area contributed by atoms with Gasteiger partial charge in [-0.15, -0.1) is 0 Å². The number of halogens is 4. The molecule has 9 heteroatoms. The minimum absolute atomic E-state index is 0.0337. The van der Waals surface area contributed by atoms with E-state index in [1.165, 1.54) is 24.4 Å². The van der Waals surface area contributed by atoms with Gasteiger partial charge in [0, 0.05) is 23.9 Å². The number of carbonyl (C=O) groups is 1. The summed E-state index contributed by atoms with van der Waals surface area (Å²) in [5.74, 6) is -0.747. The third-order valence-corrected chi connectivity index (χ3v) is 8.26. The number of hydrogen-bond donors (Lipinski definition) is 0. The van der Waals surface area contributed by atoms with Gasteiger partial charge in [0.15, 0.2) is 0 Å². The molecule has 1 saturated heterocycles. The van der Waals surface area contributed by atoms with E-state index < -0.39 is 35.2 Å². The summed E-state index contributed by atoms with van der Waals surface area (Å²) in [5, 5.41) is 0. The molecule has 4 aromatic rings. The lowest BCUT2D eigenvalue weighted by atomic mass is 9.95. The molecule has 3 aromatic carbocycles. The van der Waals surface area contributed by atoms with Gasteiger partial charge in [0.05, 0.1) is 11.8 Å². The van der Waals surface area contributed by atoms with Crippen LogP contribution in [0.25, 0.3) is 23.3 Å². The Hall–Kier alpha value is -4.50. The Labute approximate surface area is 279 Å². The van der Waals surface area contributed by atoms with Crippen LogP contribution in [0.3, 0.4) is 0 Å². The lowest BCUT2D eigenvalue weighted by molar-refractivity contribution is -0.163. The van der Waals surface area contributed by atoms with Gasteiger partial charge < -0.3 is 9.47 Å². The lowest BCUT2D eigenvalue weighted by Gasteiger charge is -2.36. The second-order valence-corrected chi connectivity index (χ2v) is 13.1. The van der Waals surface area contributed by atoms with Crippen LogP contribution in [0.15, 0.2) is 79.1 Å². The van der Waals surface area contributed by atoms with E-state index in [9.17, 15) is 22.4 Å². The fourth-order valence-corrected chi connectivity index (χ4v) is 5.96. The summed E-state index contributed by atoms with van der Waals surface area (Å²) in [6, 6.07) is 18.7. The molecule has 0 aliphatic carbocycles. The number of rotatable bonds is 9. The van der Waals surface area contributed by atoms with Gasteiger partial charge in [-0.25, -0.2) is 4.39 Å². The average molecular weight is 661 g/mol. The summed E-state index contributed by atoms with van der Waals surface area (Å²) < 4.78 is 69.8. The number of nitrogens with zero attached hydrogens (tertiary/aromatic N) is 2. The number of ether oxygens (including phenoxy) is 2. The average Bonchev–Trinajstić information content (AvgIpc) is 3.03. The van der Waals surface area contributed by atoms with Crippen LogP contribution in [0.1, 0.15) is 73.4 Å². The Kier molecular flexibility index (Phi) is 10.7. The number of hydrogen-bond acceptors (Lipinski definition) is 5. The molecule has 5 rings (SSSR count). The van der Waals surface area contributed by atoms with E-state index in [0.717, 1.165) is 47.4 Å². The number of piperidine rings is 1. The van der Waals surface area contributed by atoms with Crippen molar-refractivity contribution in [1.29, 1.82) is 0 Å². The third-order valence-electron chi connectivity index (χ3n) is 8.26. The van der Waals surface area contributed by atoms with Crippen LogP contribution in [0, 0.1) is 12.7 Å². The Bertz CT molecular complexity index is 1760. The number of esters is 1. The normalized spacial score (nSPS) is 15.9. The summed E-state index contributed by atoms with van der Waals surface area (Å²) in [7, 11) is 0. The van der Waals surface area contributed by atoms with Crippen molar-refractivity contribution in [3.63, 3.8) is 0 Å². The smallest absolute Gasteiger partial charge is 0.417 e. The molecule has 0 spiro atoms. The van der Waals surface area contributed by atoms with Crippen LogP contribution in [-0.4, -0.2) is 34.0 Å². The number of likely N-dealkylation sites (tertiary alicyclic amines) is 1. The van der Waals surface area contributed by atoms with Gasteiger partial charge in [-0.3, -0.25) is 14.7 Å². The zero-order valence-electron chi connectivity index (χ0n) is 27.6. The molecule has 0 amide bonds. The largest absolute Gasteiger partial charge is 0.488 e. The van der Waals surface area contributed by atoms with Gasteiger partial charge in [-0.1, -0.05) is 67.1 Å². The molecule has 1 aromatic heterocycles. The molecule has 1 atom stereocenters. The van der Waals surface area contributed by atoms with Gasteiger partial charge in [-0.2, -0.15) is 13.2 Å². The van der Waals surface area contributed by atoms with Gasteiger partial charge in [0.25, 0.3) is 0 Å². The first-order valence-corrected chi connectivity index (χ1v) is 16.0. The zero-order valence-corrected chi connectivity index (χ0v) is 27.6. The highest BCUT2D eigenvalue weighted by atomic mass is 19.4. The highest BCUT2D eigenvalue weighted by Gasteiger charge is 2.36. The van der Waals surface area contributed by atoms with Gasteiger partial charge in [0.1, 0.15) is 29.8 Å². The van der Waals surface area contributed by atoms with Gasteiger partial charge >= 0.3 is 12.1 Å². The van der Waals surface area contributed by atoms with E-state index in [1.54, 1.807) is 26.8 Å². The van der Waals surface area contributed by atoms with Crippen molar-refractivity contribution in [2.75, 3.05) is 6.54 Å². The molecule has 2 heterocycles. The SMILES string of the molecule is Cc1c(/C=C/c2cc(OCc3cncc(F)c3)c(CN3CCCC[C@H]3C(=O)OC(C)(C)C)cc2C(F)(F)F)cccc1-c1ccccc1. The molecule has 0 N–H and O–H groups in total. The molecule has 1 aliphatic heterocycles. The van der Waals surface area contributed by atoms with Crippen LogP contribution in [0.2, 0.25) is 0 Å². The molecule has 48 heavy (non-hydrogen) atoms. The summed E-state index contributed by atoms with van der Waals surface area (Å²) >= 11 is 0. The van der Waals surface area contributed by atoms with E-state index in [-0.39, 0.29) is 30.0 Å². The number of pyridine rings is 1. The second kappa shape index (κ2) is 14.7. The first-order chi connectivity index (χ1) is 22.8. The van der Waals surface area contributed by atoms with Crippen LogP contribution in [0.5, 0.6) is 5.75 Å². The fourth-order valence-electron chi connectivity index (χ4n) is 5.96. The van der Waals surface area contributed by atoms with E-state index in [0.29, 0.717) is 18.5 Å². The summed E-state index contributed by atoms with van der Waals surface area (Å²) in [6.45, 7) is 7.73. The van der Waals surface area contributed by atoms with Crippen LogP contribution in [0.4, 0.5) is 17.6 Å². The molecule has 5 nitrogen and oxygen atoms in total. The van der Waals surface area contributed by atoms with Gasteiger partial charge in [0.2, 0.25) is 0 Å². The molecule has 1 aliphatic rings. The summed E-state index contributed by atoms with van der Waals surface area (Å²) in [4.78, 5) is 18.9. The highest BCUT2D eigenvalue weighted by molar-refractivity contribution is 5.79. The molecule has 0 bridgehead atoms. The predicted molar refractivity (Wildman–Crippen MR) is 179 cm³/mol. The number of aromatic nitrogens is 1. The first-order valence-electron chi connectivity index (χ1n) is 16.0. The van der Waals surface area contributed by atoms with Crippen molar-refractivity contribution in [3.8, 4) is 16.9 Å². The number of alkyl halides is 3. The minimum atomic E-state index is -4.67. The molecule has 1 fully saturated rings. The Morgan fingerprint density at radius 2 is 1.71 bits per heavy atom. The summed E-state index contributed by atoms with van der Waals surface area (Å²) in [5.41, 5.74) is 2.78. The Morgan fingerprint density at radius 3 is 2.42 bits per heavy atom. The lowest BCUT2D eigenvalue weighted by Crippen LogP contribution is -2.46. The maximum Gasteiger partial charge on any atom is 0.417 e. The monoisotopic (exact) mass is 660 g/mol. The predicted octanol–water partition coefficient (Wildman–Crippen LogP) is 9.66. The maximum absolute atomic E-state index is 14.7. The number of benzene rings is 3. The Balaban J connectivity index is 1.54. The summed E-state index contributed by atoms with van der Waals surface area (Å²) in [6.07, 6.45) is 3.09. The standard InChI is InChI=1S/C39H40F4N2O3/c1-26-28(13-10-14-33(26)29-11-6-5-7-12-29)16-17-30-21-36(47-25-27-19-32(40)23-44-22-27)31(20-34(30)39(41,42)43)24-45-18-9-8-15-35(45)37(46)48-38(2,3)4/h5-7,10-14,16-17,19-23,35H,8-9,15,18,24-25H2,1-4H3/b17-16+/t35-/m0/s1. The Morgan fingerprint density at radius 1 is 0.958 bits per heavy atom. The quantitative estimate of drug-likeness (QED) is 0.102. The molecule has 0 saturated carbocycles. The van der Waals surface area contributed by atoms with Crippen molar-refractivity contribution in [2.45, 2.75) is 77.9 Å². The number of carbonyl (C=O) groups excluding carboxylic acids is 1. The fraction of sp³-hybridized carbons (Fsp3) is 0.333. The zero-order chi connectivity index (χ0) is 34.5. The molecular formula is C39H40F4N2O3. The van der Waals surface area contributed by atoms with E-state index in [2.05, 4.69) is 4.98 Å². The third kappa shape index (κ3) is 8.89. The van der Waals surface area contributed by atoms with Crippen molar-refractivity contribution in [1.82, 2.24) is 9.88 Å². The van der Waals surface area contributed by atoms with Gasteiger partial charge in [-0.05, 0) is 93.1 Å². The maximum atomic E-state index is 14.7. The van der Waals surface area contributed by atoms with E-state index in [4.69, 9.17) is 9.47 Å². The molecule has 0 unspecified atom stereocenters. The van der Waals surface area contributed by atoms with E-state index >= 15 is 0 Å². The van der Waals surface area contributed by atoms with Crippen LogP contribution in [-0.2, 0) is 28.9 Å². The van der Waals surface area contributed by atoms with Crippen LogP contribution < -0.4 is 4.74 Å². The van der Waals surface area contributed by atoms with Crippen molar-refractivity contribution < 1.29 is 31.8 Å². The molecular weight excluding hydrogens is 620 g/mol. The second-order valence-electron chi connectivity index (χ2n) is 13.1. The highest BCUT2D eigenvalue weighted by Crippen LogP contribution is 2.39. The van der Waals surface area contributed by atoms with Crippen molar-refractivity contribution in [2.24, 2.45) is 0 Å². The first kappa shape index (κ1) is 34.8. The van der Waals surface area contributed by atoms with Crippen molar-refractivity contribution >= 4 is 18.1 Å². The van der Waals surface area contributed by atoms with E-state index in [1.807, 2.05) is 60.4 Å². The van der Waals surface area contributed by atoms with Crippen molar-refractivity contribution in [3.05, 3.63) is 118 Å². The molecule has 0 radical (unpaired) electrons.